The largest absolute Gasteiger partial charge is 0.465 e. The number of carbonyl (C=O) groups is 2. The lowest BCUT2D eigenvalue weighted by molar-refractivity contribution is -0.152. The van der Waals surface area contributed by atoms with Gasteiger partial charge >= 0.3 is 5.97 Å². The van der Waals surface area contributed by atoms with Crippen molar-refractivity contribution in [1.82, 2.24) is 0 Å². The van der Waals surface area contributed by atoms with Gasteiger partial charge in [-0.25, -0.2) is 4.79 Å². The maximum Gasteiger partial charge on any atom is 0.379 e. The average molecular weight is 260 g/mol. The molecule has 3 rings (SSSR count). The molecule has 0 unspecified atom stereocenters. The third-order valence-corrected chi connectivity index (χ3v) is 4.16. The van der Waals surface area contributed by atoms with Gasteiger partial charge in [-0.15, -0.1) is 0 Å². The molecule has 0 N–H and O–H groups in total. The Labute approximate surface area is 111 Å². The minimum Gasteiger partial charge on any atom is -0.465 e. The van der Waals surface area contributed by atoms with Gasteiger partial charge < -0.3 is 9.15 Å². The SMILES string of the molecule is CCOC(=O)C(=O)C1=C(c2ccco2)CC12CCC2. The zero-order valence-electron chi connectivity index (χ0n) is 10.9. The number of carbonyl (C=O) groups excluding carboxylic acids is 2. The van der Waals surface area contributed by atoms with Crippen molar-refractivity contribution in [1.29, 1.82) is 0 Å². The smallest absolute Gasteiger partial charge is 0.379 e. The molecule has 0 amide bonds. The molecule has 1 aromatic rings. The molecule has 1 heterocycles. The van der Waals surface area contributed by atoms with Crippen molar-refractivity contribution in [3.05, 3.63) is 29.7 Å². The number of allylic oxidation sites excluding steroid dienone is 1. The van der Waals surface area contributed by atoms with Gasteiger partial charge in [-0.3, -0.25) is 4.79 Å². The third-order valence-electron chi connectivity index (χ3n) is 4.16. The zero-order chi connectivity index (χ0) is 13.5. The van der Waals surface area contributed by atoms with E-state index in [0.29, 0.717) is 11.3 Å². The van der Waals surface area contributed by atoms with E-state index in [9.17, 15) is 9.59 Å². The summed E-state index contributed by atoms with van der Waals surface area (Å²) in [6, 6.07) is 3.62. The molecule has 0 aliphatic heterocycles. The Morgan fingerprint density at radius 3 is 2.74 bits per heavy atom. The fraction of sp³-hybridized carbons (Fsp3) is 0.467. The van der Waals surface area contributed by atoms with Gasteiger partial charge in [0.2, 0.25) is 0 Å². The first-order valence-electron chi connectivity index (χ1n) is 6.67. The fourth-order valence-corrected chi connectivity index (χ4v) is 3.10. The summed E-state index contributed by atoms with van der Waals surface area (Å²) < 4.78 is 10.2. The van der Waals surface area contributed by atoms with Crippen molar-refractivity contribution in [3.63, 3.8) is 0 Å². The molecule has 100 valence electrons. The summed E-state index contributed by atoms with van der Waals surface area (Å²) in [6.45, 7) is 1.92. The summed E-state index contributed by atoms with van der Waals surface area (Å²) in [6.07, 6.45) is 5.50. The maximum absolute atomic E-state index is 12.3. The predicted molar refractivity (Wildman–Crippen MR) is 68.2 cm³/mol. The first kappa shape index (κ1) is 12.2. The summed E-state index contributed by atoms with van der Waals surface area (Å²) in [7, 11) is 0. The molecule has 0 bridgehead atoms. The highest BCUT2D eigenvalue weighted by Crippen LogP contribution is 2.62. The van der Waals surface area contributed by atoms with Gasteiger partial charge in [0.15, 0.2) is 0 Å². The molecule has 2 aliphatic rings. The van der Waals surface area contributed by atoms with Crippen LogP contribution < -0.4 is 0 Å². The van der Waals surface area contributed by atoms with E-state index < -0.39 is 11.8 Å². The zero-order valence-corrected chi connectivity index (χ0v) is 10.9. The maximum atomic E-state index is 12.3. The van der Waals surface area contributed by atoms with Crippen LogP contribution in [0.4, 0.5) is 0 Å². The monoisotopic (exact) mass is 260 g/mol. The van der Waals surface area contributed by atoms with Crippen molar-refractivity contribution >= 4 is 17.3 Å². The van der Waals surface area contributed by atoms with Crippen molar-refractivity contribution < 1.29 is 18.7 Å². The van der Waals surface area contributed by atoms with E-state index in [-0.39, 0.29) is 12.0 Å². The summed E-state index contributed by atoms with van der Waals surface area (Å²) in [4.78, 5) is 23.9. The first-order valence-corrected chi connectivity index (χ1v) is 6.67. The fourth-order valence-electron chi connectivity index (χ4n) is 3.10. The van der Waals surface area contributed by atoms with E-state index in [1.54, 1.807) is 19.3 Å². The lowest BCUT2D eigenvalue weighted by Crippen LogP contribution is -2.44. The highest BCUT2D eigenvalue weighted by Gasteiger charge is 2.54. The Morgan fingerprint density at radius 2 is 2.21 bits per heavy atom. The quantitative estimate of drug-likeness (QED) is 0.617. The number of esters is 1. The van der Waals surface area contributed by atoms with E-state index in [2.05, 4.69) is 0 Å². The highest BCUT2D eigenvalue weighted by molar-refractivity contribution is 6.43. The summed E-state index contributed by atoms with van der Waals surface area (Å²) in [5.41, 5.74) is 1.43. The summed E-state index contributed by atoms with van der Waals surface area (Å²) in [5, 5.41) is 0. The van der Waals surface area contributed by atoms with Crippen molar-refractivity contribution in [2.45, 2.75) is 32.6 Å². The minimum atomic E-state index is -0.743. The Morgan fingerprint density at radius 1 is 1.42 bits per heavy atom. The molecule has 0 saturated heterocycles. The van der Waals surface area contributed by atoms with Crippen LogP contribution in [0.25, 0.3) is 5.57 Å². The van der Waals surface area contributed by atoms with Crippen molar-refractivity contribution in [2.75, 3.05) is 6.61 Å². The van der Waals surface area contributed by atoms with Crippen LogP contribution in [0.3, 0.4) is 0 Å². The third kappa shape index (κ3) is 1.74. The van der Waals surface area contributed by atoms with Crippen molar-refractivity contribution in [2.24, 2.45) is 5.41 Å². The van der Waals surface area contributed by atoms with Gasteiger partial charge in [-0.2, -0.15) is 0 Å². The lowest BCUT2D eigenvalue weighted by atomic mass is 9.51. The average Bonchev–Trinajstić information content (AvgIpc) is 2.79. The molecule has 0 aromatic carbocycles. The van der Waals surface area contributed by atoms with E-state index in [1.807, 2.05) is 6.07 Å². The number of ether oxygens (including phenoxy) is 1. The van der Waals surface area contributed by atoms with E-state index in [4.69, 9.17) is 9.15 Å². The Kier molecular flexibility index (Phi) is 2.81. The van der Waals surface area contributed by atoms with E-state index in [0.717, 1.165) is 31.3 Å². The molecule has 4 nitrogen and oxygen atoms in total. The molecule has 0 atom stereocenters. The molecule has 1 aromatic heterocycles. The van der Waals surface area contributed by atoms with Gasteiger partial charge in [-0.1, -0.05) is 6.42 Å². The standard InChI is InChI=1S/C15H16O4/c1-2-18-14(17)13(16)12-10(11-5-3-8-19-11)9-15(12)6-4-7-15/h3,5,8H,2,4,6-7,9H2,1H3. The molecule has 1 fully saturated rings. The number of Topliss-reactive ketones (excluding diaryl/α,β-unsaturated/α-hetero) is 1. The van der Waals surface area contributed by atoms with Crippen LogP contribution in [0.5, 0.6) is 0 Å². The van der Waals surface area contributed by atoms with Crippen LogP contribution in [0.1, 0.15) is 38.4 Å². The topological polar surface area (TPSA) is 56.5 Å². The van der Waals surface area contributed by atoms with E-state index in [1.165, 1.54) is 0 Å². The second-order valence-corrected chi connectivity index (χ2v) is 5.19. The normalized spacial score (nSPS) is 19.8. The number of ketones is 1. The van der Waals surface area contributed by atoms with Crippen LogP contribution in [-0.4, -0.2) is 18.4 Å². The highest BCUT2D eigenvalue weighted by atomic mass is 16.5. The molecule has 1 spiro atoms. The van der Waals surface area contributed by atoms with Gasteiger partial charge in [0, 0.05) is 16.6 Å². The van der Waals surface area contributed by atoms with Gasteiger partial charge in [0.05, 0.1) is 12.9 Å². The predicted octanol–water partition coefficient (Wildman–Crippen LogP) is 2.74. The second-order valence-electron chi connectivity index (χ2n) is 5.19. The number of rotatable bonds is 4. The van der Waals surface area contributed by atoms with Gasteiger partial charge in [0.25, 0.3) is 5.78 Å². The molecule has 19 heavy (non-hydrogen) atoms. The summed E-state index contributed by atoms with van der Waals surface area (Å²) in [5.74, 6) is -0.531. The molecule has 1 saturated carbocycles. The van der Waals surface area contributed by atoms with Crippen LogP contribution in [-0.2, 0) is 14.3 Å². The number of hydrogen-bond acceptors (Lipinski definition) is 4. The molecular weight excluding hydrogens is 244 g/mol. The van der Waals surface area contributed by atoms with E-state index >= 15 is 0 Å². The molecule has 4 heteroatoms. The Balaban J connectivity index is 1.95. The molecular formula is C15H16O4. The first-order chi connectivity index (χ1) is 9.18. The lowest BCUT2D eigenvalue weighted by Gasteiger charge is -2.51. The number of hydrogen-bond donors (Lipinski definition) is 0. The Bertz CT molecular complexity index is 547. The molecule has 0 radical (unpaired) electrons. The Hall–Kier alpha value is -1.84. The van der Waals surface area contributed by atoms with Crippen molar-refractivity contribution in [3.8, 4) is 0 Å². The van der Waals surface area contributed by atoms with Gasteiger partial charge in [0.1, 0.15) is 5.76 Å². The van der Waals surface area contributed by atoms with Crippen LogP contribution in [0.2, 0.25) is 0 Å². The minimum absolute atomic E-state index is 0.0774. The second kappa shape index (κ2) is 4.37. The van der Waals surface area contributed by atoms with Crippen LogP contribution in [0.15, 0.2) is 28.4 Å². The van der Waals surface area contributed by atoms with Crippen LogP contribution in [0, 0.1) is 5.41 Å². The number of furan rings is 1. The summed E-state index contributed by atoms with van der Waals surface area (Å²) >= 11 is 0. The molecule has 2 aliphatic carbocycles. The van der Waals surface area contributed by atoms with Gasteiger partial charge in [-0.05, 0) is 38.3 Å². The van der Waals surface area contributed by atoms with Crippen LogP contribution >= 0.6 is 0 Å².